The lowest BCUT2D eigenvalue weighted by Crippen LogP contribution is -2.41. The van der Waals surface area contributed by atoms with Crippen LogP contribution in [-0.2, 0) is 16.6 Å². The number of anilines is 1. The van der Waals surface area contributed by atoms with Gasteiger partial charge in [-0.2, -0.15) is 4.98 Å². The molecule has 3 atom stereocenters. The summed E-state index contributed by atoms with van der Waals surface area (Å²) in [6, 6.07) is 5.82. The number of fused-ring (bicyclic) bond motifs is 2. The molecule has 9 nitrogen and oxygen atoms in total. The molecule has 0 aromatic carbocycles. The zero-order valence-electron chi connectivity index (χ0n) is 21.6. The first kappa shape index (κ1) is 24.0. The largest absolute Gasteiger partial charge is 0.473 e. The van der Waals surface area contributed by atoms with Gasteiger partial charge in [0.1, 0.15) is 17.7 Å². The fourth-order valence-corrected chi connectivity index (χ4v) is 6.46. The minimum atomic E-state index is -0.545. The van der Waals surface area contributed by atoms with Crippen molar-refractivity contribution < 1.29 is 14.1 Å². The third kappa shape index (κ3) is 4.29. The van der Waals surface area contributed by atoms with Crippen molar-refractivity contribution in [2.75, 3.05) is 19.3 Å². The first-order valence-corrected chi connectivity index (χ1v) is 13.5. The second-order valence-electron chi connectivity index (χ2n) is 10.8. The first-order chi connectivity index (χ1) is 17.9. The molecule has 2 aliphatic carbocycles. The van der Waals surface area contributed by atoms with Crippen LogP contribution < -0.4 is 10.5 Å². The Morgan fingerprint density at radius 2 is 2.03 bits per heavy atom. The number of nitrogens with two attached hydrogens (primary N) is 1. The predicted octanol–water partition coefficient (Wildman–Crippen LogP) is 4.35. The van der Waals surface area contributed by atoms with Crippen LogP contribution >= 0.6 is 0 Å². The third-order valence-electron chi connectivity index (χ3n) is 8.47. The summed E-state index contributed by atoms with van der Waals surface area (Å²) in [5.41, 5.74) is 8.33. The Labute approximate surface area is 216 Å². The Morgan fingerprint density at radius 1 is 1.16 bits per heavy atom. The highest BCUT2D eigenvalue weighted by Crippen LogP contribution is 2.47. The van der Waals surface area contributed by atoms with E-state index in [1.165, 1.54) is 0 Å². The zero-order valence-corrected chi connectivity index (χ0v) is 21.6. The van der Waals surface area contributed by atoms with Crippen LogP contribution in [0.15, 0.2) is 28.9 Å². The maximum absolute atomic E-state index is 13.1. The fraction of sp³-hybridized carbons (Fsp3) is 0.536. The highest BCUT2D eigenvalue weighted by molar-refractivity contribution is 5.91. The topological polar surface area (TPSA) is 120 Å². The molecular formula is C28H34N6O3. The predicted molar refractivity (Wildman–Crippen MR) is 139 cm³/mol. The maximum atomic E-state index is 13.1. The van der Waals surface area contributed by atoms with Crippen LogP contribution in [0, 0.1) is 0 Å². The number of likely N-dealkylation sites (N-methyl/N-ethyl adjacent to an activating group) is 1. The van der Waals surface area contributed by atoms with Crippen LogP contribution in [-0.4, -0.2) is 56.5 Å². The smallest absolute Gasteiger partial charge is 0.217 e. The van der Waals surface area contributed by atoms with Gasteiger partial charge in [-0.05, 0) is 77.6 Å². The monoisotopic (exact) mass is 502 g/mol. The Balaban J connectivity index is 1.42. The highest BCUT2D eigenvalue weighted by atomic mass is 16.5. The van der Waals surface area contributed by atoms with Crippen LogP contribution in [0.2, 0.25) is 0 Å². The van der Waals surface area contributed by atoms with Gasteiger partial charge in [0.05, 0.1) is 11.1 Å². The Kier molecular flexibility index (Phi) is 6.18. The van der Waals surface area contributed by atoms with E-state index in [4.69, 9.17) is 25.0 Å². The van der Waals surface area contributed by atoms with Crippen molar-refractivity contribution in [3.05, 3.63) is 35.7 Å². The van der Waals surface area contributed by atoms with Gasteiger partial charge in [0.15, 0.2) is 17.3 Å². The molecule has 3 aromatic heterocycles. The molecule has 9 heteroatoms. The minimum absolute atomic E-state index is 0.0398. The van der Waals surface area contributed by atoms with Gasteiger partial charge < -0.3 is 15.0 Å². The number of carbonyl (C=O) groups excluding carboxylic acids is 1. The normalized spacial score (nSPS) is 24.8. The van der Waals surface area contributed by atoms with E-state index in [2.05, 4.69) is 29.0 Å². The molecule has 0 radical (unpaired) electrons. The number of hydrogen-bond donors (Lipinski definition) is 1. The molecule has 37 heavy (non-hydrogen) atoms. The van der Waals surface area contributed by atoms with Crippen LogP contribution in [0.1, 0.15) is 69.6 Å². The van der Waals surface area contributed by atoms with Crippen molar-refractivity contribution in [2.24, 2.45) is 0 Å². The molecule has 2 fully saturated rings. The maximum Gasteiger partial charge on any atom is 0.217 e. The number of ether oxygens (including phenoxy) is 1. The summed E-state index contributed by atoms with van der Waals surface area (Å²) in [6.07, 6.45) is 9.87. The van der Waals surface area contributed by atoms with Crippen molar-refractivity contribution >= 4 is 11.6 Å². The van der Waals surface area contributed by atoms with Crippen molar-refractivity contribution in [3.63, 3.8) is 0 Å². The molecule has 2 N–H and O–H groups in total. The summed E-state index contributed by atoms with van der Waals surface area (Å²) >= 11 is 0. The highest BCUT2D eigenvalue weighted by Gasteiger charge is 2.48. The van der Waals surface area contributed by atoms with Gasteiger partial charge in [0, 0.05) is 35.9 Å². The molecule has 1 aliphatic heterocycles. The average Bonchev–Trinajstić information content (AvgIpc) is 3.53. The average molecular weight is 503 g/mol. The third-order valence-corrected chi connectivity index (χ3v) is 8.47. The molecule has 3 aliphatic rings. The molecule has 0 unspecified atom stereocenters. The summed E-state index contributed by atoms with van der Waals surface area (Å²) < 4.78 is 12.4. The van der Waals surface area contributed by atoms with E-state index >= 15 is 0 Å². The SMILES string of the molecule is C[C@H](Oc1cc(-c2ccc(N)nc2)nc(-c2noc3c2CCC[C@@]32CCCCC2=O)n1)[C@@H]1CCCN1C. The molecule has 194 valence electrons. The lowest BCUT2D eigenvalue weighted by atomic mass is 9.64. The summed E-state index contributed by atoms with van der Waals surface area (Å²) in [6.45, 7) is 3.16. The van der Waals surface area contributed by atoms with Crippen LogP contribution in [0.4, 0.5) is 5.82 Å². The number of hydrogen-bond acceptors (Lipinski definition) is 9. The van der Waals surface area contributed by atoms with E-state index in [-0.39, 0.29) is 11.9 Å². The van der Waals surface area contributed by atoms with E-state index in [1.807, 2.05) is 12.1 Å². The summed E-state index contributed by atoms with van der Waals surface area (Å²) in [5, 5.41) is 4.46. The van der Waals surface area contributed by atoms with Gasteiger partial charge in [-0.3, -0.25) is 9.69 Å². The lowest BCUT2D eigenvalue weighted by Gasteiger charge is -2.36. The zero-order chi connectivity index (χ0) is 25.6. The first-order valence-electron chi connectivity index (χ1n) is 13.5. The molecular weight excluding hydrogens is 468 g/mol. The van der Waals surface area contributed by atoms with E-state index in [0.29, 0.717) is 41.4 Å². The summed E-state index contributed by atoms with van der Waals surface area (Å²) in [7, 11) is 2.14. The number of carbonyl (C=O) groups is 1. The van der Waals surface area contributed by atoms with Crippen molar-refractivity contribution in [1.82, 2.24) is 25.0 Å². The summed E-state index contributed by atoms with van der Waals surface area (Å²) in [5.74, 6) is 2.39. The minimum Gasteiger partial charge on any atom is -0.473 e. The van der Waals surface area contributed by atoms with Crippen LogP contribution in [0.25, 0.3) is 22.8 Å². The number of nitrogen functional groups attached to an aromatic ring is 1. The second kappa shape index (κ2) is 9.52. The molecule has 1 spiro atoms. The van der Waals surface area contributed by atoms with Gasteiger partial charge in [-0.25, -0.2) is 9.97 Å². The molecule has 1 saturated heterocycles. The molecule has 1 saturated carbocycles. The van der Waals surface area contributed by atoms with Crippen molar-refractivity contribution in [1.29, 1.82) is 0 Å². The fourth-order valence-electron chi connectivity index (χ4n) is 6.46. The molecule has 0 amide bonds. The second-order valence-corrected chi connectivity index (χ2v) is 10.8. The van der Waals surface area contributed by atoms with E-state index in [0.717, 1.165) is 74.8 Å². The number of ketones is 1. The van der Waals surface area contributed by atoms with Gasteiger partial charge >= 0.3 is 0 Å². The van der Waals surface area contributed by atoms with Gasteiger partial charge in [-0.1, -0.05) is 11.6 Å². The van der Waals surface area contributed by atoms with Crippen LogP contribution in [0.5, 0.6) is 5.88 Å². The molecule has 6 rings (SSSR count). The van der Waals surface area contributed by atoms with Gasteiger partial charge in [0.2, 0.25) is 5.88 Å². The van der Waals surface area contributed by atoms with Crippen molar-refractivity contribution in [3.8, 4) is 28.7 Å². The Bertz CT molecular complexity index is 1310. The van der Waals surface area contributed by atoms with Crippen LogP contribution in [0.3, 0.4) is 0 Å². The van der Waals surface area contributed by atoms with E-state index in [9.17, 15) is 4.79 Å². The van der Waals surface area contributed by atoms with Crippen molar-refractivity contribution in [2.45, 2.75) is 82.3 Å². The lowest BCUT2D eigenvalue weighted by molar-refractivity contribution is -0.128. The summed E-state index contributed by atoms with van der Waals surface area (Å²) in [4.78, 5) is 29.4. The Hall–Kier alpha value is -3.33. The number of nitrogens with zero attached hydrogens (tertiary/aromatic N) is 5. The van der Waals surface area contributed by atoms with Gasteiger partial charge in [0.25, 0.3) is 0 Å². The molecule has 0 bridgehead atoms. The molecule has 4 heterocycles. The van der Waals surface area contributed by atoms with E-state index < -0.39 is 5.41 Å². The van der Waals surface area contributed by atoms with Gasteiger partial charge in [-0.15, -0.1) is 0 Å². The number of likely N-dealkylation sites (tertiary alicyclic amines) is 1. The number of rotatable bonds is 5. The number of pyridine rings is 1. The van der Waals surface area contributed by atoms with E-state index in [1.54, 1.807) is 12.3 Å². The quantitative estimate of drug-likeness (QED) is 0.542. The number of aromatic nitrogens is 4. The standard InChI is InChI=1S/C28H34N6O3/c1-17(21-8-6-14-34(21)2)36-24-15-20(18-10-11-23(29)30-16-18)31-27(32-24)25-19-7-5-13-28(26(19)37-33-25)12-4-3-9-22(28)35/h10-11,15-17,21H,3-9,12-14H2,1-2H3,(H2,29,30)/t17-,21-,28+/m0/s1. The number of Topliss-reactive ketones (excluding diaryl/α,β-unsaturated/α-hetero) is 1. The molecule has 3 aromatic rings. The Morgan fingerprint density at radius 3 is 2.78 bits per heavy atom.